The van der Waals surface area contributed by atoms with E-state index in [1.54, 1.807) is 0 Å². The van der Waals surface area contributed by atoms with E-state index >= 15 is 0 Å². The van der Waals surface area contributed by atoms with E-state index in [0.29, 0.717) is 6.42 Å². The molecule has 0 radical (unpaired) electrons. The number of carbonyl (C=O) groups is 3. The third kappa shape index (κ3) is 6.10. The van der Waals surface area contributed by atoms with E-state index in [9.17, 15) is 14.4 Å². The number of ether oxygens (including phenoxy) is 1. The van der Waals surface area contributed by atoms with E-state index in [2.05, 4.69) is 22.9 Å². The lowest BCUT2D eigenvalue weighted by Gasteiger charge is -2.20. The zero-order valence-electron chi connectivity index (χ0n) is 19.0. The average molecular weight is 455 g/mol. The van der Waals surface area contributed by atoms with Crippen molar-refractivity contribution in [2.75, 3.05) is 13.2 Å². The van der Waals surface area contributed by atoms with E-state index in [0.717, 1.165) is 22.3 Å². The van der Waals surface area contributed by atoms with Crippen LogP contribution in [0.4, 0.5) is 4.79 Å². The summed E-state index contributed by atoms with van der Waals surface area (Å²) in [6.07, 6.45) is -1.30. The molecular formula is C25H30N2O6. The van der Waals surface area contributed by atoms with Crippen molar-refractivity contribution in [1.29, 1.82) is 0 Å². The van der Waals surface area contributed by atoms with E-state index in [-0.39, 0.29) is 25.0 Å². The first kappa shape index (κ1) is 24.3. The minimum Gasteiger partial charge on any atom is -0.479 e. The van der Waals surface area contributed by atoms with E-state index in [1.165, 1.54) is 6.92 Å². The molecule has 2 aromatic rings. The number of benzene rings is 2. The van der Waals surface area contributed by atoms with Gasteiger partial charge < -0.3 is 15.2 Å². The monoisotopic (exact) mass is 454 g/mol. The van der Waals surface area contributed by atoms with Crippen LogP contribution >= 0.6 is 0 Å². The van der Waals surface area contributed by atoms with Gasteiger partial charge in [0.1, 0.15) is 6.61 Å². The molecule has 1 aliphatic carbocycles. The number of hydroxylamine groups is 1. The number of hydrogen-bond acceptors (Lipinski definition) is 5. The molecule has 0 aromatic heterocycles. The number of fused-ring (bicyclic) bond motifs is 3. The Morgan fingerprint density at radius 3 is 2.09 bits per heavy atom. The van der Waals surface area contributed by atoms with Crippen molar-refractivity contribution >= 4 is 18.0 Å². The molecule has 1 aliphatic rings. The Bertz CT molecular complexity index is 960. The summed E-state index contributed by atoms with van der Waals surface area (Å²) in [5.74, 6) is -2.14. The van der Waals surface area contributed by atoms with Crippen molar-refractivity contribution in [3.05, 3.63) is 59.7 Å². The summed E-state index contributed by atoms with van der Waals surface area (Å²) in [7, 11) is 0. The quantitative estimate of drug-likeness (QED) is 0.472. The molecule has 0 bridgehead atoms. The summed E-state index contributed by atoms with van der Waals surface area (Å²) in [5.41, 5.74) is 6.71. The number of alkyl carbamates (subject to hydrolysis) is 1. The molecule has 0 saturated heterocycles. The van der Waals surface area contributed by atoms with Gasteiger partial charge in [-0.05, 0) is 41.5 Å². The van der Waals surface area contributed by atoms with Crippen LogP contribution in [0.2, 0.25) is 0 Å². The molecule has 3 rings (SSSR count). The van der Waals surface area contributed by atoms with Crippen LogP contribution < -0.4 is 10.8 Å². The molecule has 2 amide bonds. The average Bonchev–Trinajstić information content (AvgIpc) is 3.12. The van der Waals surface area contributed by atoms with Crippen molar-refractivity contribution in [1.82, 2.24) is 10.8 Å². The molecule has 2 unspecified atom stereocenters. The van der Waals surface area contributed by atoms with Crippen LogP contribution in [-0.2, 0) is 19.2 Å². The third-order valence-corrected chi connectivity index (χ3v) is 5.65. The Balaban J connectivity index is 1.56. The highest BCUT2D eigenvalue weighted by molar-refractivity contribution is 5.80. The number of carbonyl (C=O) groups excluding carboxylic acids is 2. The molecule has 0 heterocycles. The van der Waals surface area contributed by atoms with Gasteiger partial charge >= 0.3 is 12.1 Å². The summed E-state index contributed by atoms with van der Waals surface area (Å²) < 4.78 is 5.51. The minimum atomic E-state index is -1.19. The molecule has 0 saturated carbocycles. The van der Waals surface area contributed by atoms with Gasteiger partial charge in [0.25, 0.3) is 0 Å². The second kappa shape index (κ2) is 11.0. The molecule has 0 spiro atoms. The molecule has 0 fully saturated rings. The normalized spacial score (nSPS) is 14.2. The molecule has 176 valence electrons. The molecule has 8 nitrogen and oxygen atoms in total. The summed E-state index contributed by atoms with van der Waals surface area (Å²) in [5, 5.41) is 11.5. The van der Waals surface area contributed by atoms with Gasteiger partial charge in [0.05, 0.1) is 5.92 Å². The maximum atomic E-state index is 12.4. The maximum Gasteiger partial charge on any atom is 0.407 e. The predicted octanol–water partition coefficient (Wildman–Crippen LogP) is 3.71. The minimum absolute atomic E-state index is 0.0471. The number of carboxylic acid groups (broad SMARTS) is 1. The predicted molar refractivity (Wildman–Crippen MR) is 122 cm³/mol. The second-order valence-electron chi connectivity index (χ2n) is 8.60. The maximum absolute atomic E-state index is 12.4. The number of rotatable bonds is 10. The number of nitrogens with one attached hydrogen (secondary N) is 2. The molecule has 33 heavy (non-hydrogen) atoms. The van der Waals surface area contributed by atoms with Crippen LogP contribution in [0.1, 0.15) is 44.2 Å². The smallest absolute Gasteiger partial charge is 0.407 e. The first-order valence-electron chi connectivity index (χ1n) is 11.0. The van der Waals surface area contributed by atoms with Crippen LogP contribution in [0.25, 0.3) is 11.1 Å². The number of carboxylic acids is 1. The van der Waals surface area contributed by atoms with Crippen molar-refractivity contribution < 1.29 is 29.1 Å². The van der Waals surface area contributed by atoms with E-state index in [1.807, 2.05) is 50.2 Å². The van der Waals surface area contributed by atoms with Crippen LogP contribution in [0.5, 0.6) is 0 Å². The van der Waals surface area contributed by atoms with E-state index in [4.69, 9.17) is 14.7 Å². The topological polar surface area (TPSA) is 114 Å². The Morgan fingerprint density at radius 2 is 1.55 bits per heavy atom. The van der Waals surface area contributed by atoms with Crippen molar-refractivity contribution in [3.8, 4) is 11.1 Å². The second-order valence-corrected chi connectivity index (χ2v) is 8.60. The standard InChI is InChI=1S/C25H30N2O6/c1-15(2)12-17(23(28)27-33-16(3)24(29)30)13-26-25(31)32-14-22-20-10-6-4-8-18(20)19-9-5-7-11-21(19)22/h4-11,15-17,22H,12-14H2,1-3H3,(H,26,31)(H,27,28)(H,29,30). The van der Waals surface area contributed by atoms with Gasteiger partial charge in [-0.15, -0.1) is 0 Å². The molecule has 3 N–H and O–H groups in total. The summed E-state index contributed by atoms with van der Waals surface area (Å²) in [6.45, 7) is 5.45. The lowest BCUT2D eigenvalue weighted by atomic mass is 9.96. The molecule has 2 atom stereocenters. The van der Waals surface area contributed by atoms with Crippen LogP contribution in [0.15, 0.2) is 48.5 Å². The Hall–Kier alpha value is -3.39. The van der Waals surface area contributed by atoms with Gasteiger partial charge in [-0.3, -0.25) is 9.63 Å². The highest BCUT2D eigenvalue weighted by Crippen LogP contribution is 2.44. The Labute approximate surface area is 193 Å². The Morgan fingerprint density at radius 1 is 0.970 bits per heavy atom. The van der Waals surface area contributed by atoms with Gasteiger partial charge in [-0.1, -0.05) is 62.4 Å². The van der Waals surface area contributed by atoms with Gasteiger partial charge in [-0.2, -0.15) is 0 Å². The van der Waals surface area contributed by atoms with Crippen LogP contribution in [0, 0.1) is 11.8 Å². The number of aliphatic carboxylic acids is 1. The summed E-state index contributed by atoms with van der Waals surface area (Å²) in [4.78, 5) is 40.6. The third-order valence-electron chi connectivity index (χ3n) is 5.65. The number of hydrogen-bond donors (Lipinski definition) is 3. The highest BCUT2D eigenvalue weighted by Gasteiger charge is 2.29. The van der Waals surface area contributed by atoms with Gasteiger partial charge in [0, 0.05) is 12.5 Å². The summed E-state index contributed by atoms with van der Waals surface area (Å²) >= 11 is 0. The molecule has 2 aromatic carbocycles. The zero-order valence-corrected chi connectivity index (χ0v) is 19.0. The lowest BCUT2D eigenvalue weighted by molar-refractivity contribution is -0.160. The van der Waals surface area contributed by atoms with Gasteiger partial charge in [0.2, 0.25) is 5.91 Å². The first-order valence-corrected chi connectivity index (χ1v) is 11.0. The van der Waals surface area contributed by atoms with Gasteiger partial charge in [-0.25, -0.2) is 15.1 Å². The first-order chi connectivity index (χ1) is 15.8. The SMILES string of the molecule is CC(C)CC(CNC(=O)OCC1c2ccccc2-c2ccccc21)C(=O)NOC(C)C(=O)O. The van der Waals surface area contributed by atoms with E-state index < -0.39 is 30.0 Å². The Kier molecular flexibility index (Phi) is 8.06. The highest BCUT2D eigenvalue weighted by atomic mass is 16.7. The zero-order chi connectivity index (χ0) is 24.0. The van der Waals surface area contributed by atoms with Crippen molar-refractivity contribution in [2.45, 2.75) is 39.2 Å². The largest absolute Gasteiger partial charge is 0.479 e. The molecule has 8 heteroatoms. The lowest BCUT2D eigenvalue weighted by Crippen LogP contribution is -2.41. The fraction of sp³-hybridized carbons (Fsp3) is 0.400. The molecule has 0 aliphatic heterocycles. The fourth-order valence-corrected chi connectivity index (χ4v) is 3.99. The number of amides is 2. The van der Waals surface area contributed by atoms with Crippen LogP contribution in [0.3, 0.4) is 0 Å². The van der Waals surface area contributed by atoms with Crippen molar-refractivity contribution in [3.63, 3.8) is 0 Å². The summed E-state index contributed by atoms with van der Waals surface area (Å²) in [6, 6.07) is 16.2. The van der Waals surface area contributed by atoms with Crippen molar-refractivity contribution in [2.24, 2.45) is 11.8 Å². The fourth-order valence-electron chi connectivity index (χ4n) is 3.99. The van der Waals surface area contributed by atoms with Crippen LogP contribution in [-0.4, -0.2) is 42.3 Å². The molecular weight excluding hydrogens is 424 g/mol. The van der Waals surface area contributed by atoms with Gasteiger partial charge in [0.15, 0.2) is 6.10 Å².